The summed E-state index contributed by atoms with van der Waals surface area (Å²) in [6.07, 6.45) is 0. The van der Waals surface area contributed by atoms with Crippen LogP contribution in [0.15, 0.2) is 150 Å². The van der Waals surface area contributed by atoms with E-state index in [9.17, 15) is 31.6 Å². The minimum atomic E-state index is -6.12. The van der Waals surface area contributed by atoms with Gasteiger partial charge in [0.15, 0.2) is 0 Å². The van der Waals surface area contributed by atoms with Crippen LogP contribution in [0.1, 0.15) is 33.4 Å². The third-order valence-electron chi connectivity index (χ3n) is 8.37. The summed E-state index contributed by atoms with van der Waals surface area (Å²) in [5, 5.41) is 62.2. The molecule has 290 valence electrons. The van der Waals surface area contributed by atoms with Gasteiger partial charge in [-0.3, -0.25) is 0 Å². The molecule has 0 unspecified atom stereocenters. The van der Waals surface area contributed by atoms with Crippen LogP contribution in [0.25, 0.3) is 0 Å². The summed E-state index contributed by atoms with van der Waals surface area (Å²) in [4.78, 5) is 6.29. The number of benzene rings is 6. The van der Waals surface area contributed by atoms with Crippen LogP contribution < -0.4 is 36.9 Å². The molecule has 15 nitrogen and oxygen atoms in total. The molecule has 1 aliphatic rings. The Labute approximate surface area is 345 Å². The van der Waals surface area contributed by atoms with Crippen molar-refractivity contribution in [3.8, 4) is 70.9 Å². The van der Waals surface area contributed by atoms with E-state index in [1.165, 1.54) is 72.8 Å². The van der Waals surface area contributed by atoms with Crippen molar-refractivity contribution in [3.05, 3.63) is 179 Å². The van der Waals surface area contributed by atoms with E-state index in [2.05, 4.69) is 46.1 Å². The molecule has 18 heteroatoms. The molecular weight excluding hydrogens is 819 g/mol. The van der Waals surface area contributed by atoms with Gasteiger partial charge in [0, 0.05) is 0 Å². The summed E-state index contributed by atoms with van der Waals surface area (Å²) in [6.45, 7) is 0. The second-order valence-electron chi connectivity index (χ2n) is 12.3. The van der Waals surface area contributed by atoms with Gasteiger partial charge < -0.3 is 0 Å². The van der Waals surface area contributed by atoms with E-state index < -0.39 is 15.2 Å². The fourth-order valence-corrected chi connectivity index (χ4v) is 16.1. The molecule has 0 bridgehead atoms. The number of hydrogen-bond acceptors (Lipinski definition) is 15. The van der Waals surface area contributed by atoms with Crippen LogP contribution in [0.5, 0.6) is 34.5 Å². The van der Waals surface area contributed by atoms with Crippen LogP contribution in [-0.4, -0.2) is 0 Å². The topological polar surface area (TPSA) is 235 Å². The molecule has 0 radical (unpaired) electrons. The minimum absolute atomic E-state index is 0.0128. The molecule has 0 spiro atoms. The maximum atomic E-state index is 10.4. The zero-order valence-electron chi connectivity index (χ0n) is 30.8. The molecule has 0 amide bonds. The quantitative estimate of drug-likeness (QED) is 0.109. The number of nitrogens with one attached hydrogen (secondary N) is 2. The van der Waals surface area contributed by atoms with Crippen molar-refractivity contribution < 1.29 is 27.1 Å². The van der Waals surface area contributed by atoms with Gasteiger partial charge in [0.1, 0.15) is 0 Å². The standard InChI is InChI=1S/C42H26N9O6P3/c43-25-31-13-1-7-19-37(31)52-59(53-38-20-8-2-14-32(38)26-44,54-39-21-9-3-15-33(39)27-45)49-58-50-60(51-59,55-40-22-10-4-16-34(40)28-46,56-41-23-11-5-17-35(41)29-47)57-42-24-12-6-18-36(42)30-48/h1-24,51H,(H,49,50). The summed E-state index contributed by atoms with van der Waals surface area (Å²) >= 11 is 0. The summed E-state index contributed by atoms with van der Waals surface area (Å²) in [6, 6.07) is 49.1. The van der Waals surface area contributed by atoms with E-state index in [4.69, 9.17) is 31.7 Å². The Balaban J connectivity index is 1.67. The molecule has 6 aromatic rings. The van der Waals surface area contributed by atoms with Crippen molar-refractivity contribution in [2.24, 2.45) is 4.52 Å². The van der Waals surface area contributed by atoms with Gasteiger partial charge in [-0.1, -0.05) is 0 Å². The summed E-state index contributed by atoms with van der Waals surface area (Å²) in [5.41, 5.74) is -0.106. The third kappa shape index (κ3) is 7.79. The molecule has 0 aliphatic carbocycles. The van der Waals surface area contributed by atoms with Crippen LogP contribution in [-0.2, 0) is 0 Å². The van der Waals surface area contributed by atoms with Crippen molar-refractivity contribution in [1.29, 1.82) is 31.6 Å². The van der Waals surface area contributed by atoms with Crippen molar-refractivity contribution in [2.75, 3.05) is 0 Å². The molecule has 2 N–H and O–H groups in total. The number of nitriles is 6. The van der Waals surface area contributed by atoms with Crippen molar-refractivity contribution in [1.82, 2.24) is 9.72 Å². The van der Waals surface area contributed by atoms with Crippen LogP contribution in [0.2, 0.25) is 0 Å². The molecule has 0 saturated carbocycles. The monoisotopic (exact) mass is 845 g/mol. The van der Waals surface area contributed by atoms with Crippen LogP contribution >= 0.6 is 23.7 Å². The first-order valence-electron chi connectivity index (χ1n) is 17.4. The second-order valence-corrected chi connectivity index (χ2v) is 19.4. The van der Waals surface area contributed by atoms with Gasteiger partial charge in [0.05, 0.1) is 0 Å². The van der Waals surface area contributed by atoms with Gasteiger partial charge >= 0.3 is 347 Å². The summed E-state index contributed by atoms with van der Waals surface area (Å²) < 4.78 is 46.6. The van der Waals surface area contributed by atoms with E-state index in [0.717, 1.165) is 0 Å². The molecule has 1 aliphatic heterocycles. The Kier molecular flexibility index (Phi) is 11.0. The Morgan fingerprint density at radius 1 is 0.367 bits per heavy atom. The van der Waals surface area contributed by atoms with Gasteiger partial charge in [-0.15, -0.1) is 0 Å². The normalized spacial score (nSPS) is 16.4. The zero-order chi connectivity index (χ0) is 42.1. The third-order valence-corrected chi connectivity index (χ3v) is 17.6. The molecule has 0 saturated heterocycles. The predicted octanol–water partition coefficient (Wildman–Crippen LogP) is 10.2. The first-order valence-corrected chi connectivity index (χ1v) is 22.2. The van der Waals surface area contributed by atoms with E-state index >= 15 is 0 Å². The van der Waals surface area contributed by atoms with Gasteiger partial charge in [-0.05, 0) is 0 Å². The number of nitrogens with zero attached hydrogens (tertiary/aromatic N) is 7. The van der Waals surface area contributed by atoms with Gasteiger partial charge in [-0.2, -0.15) is 0 Å². The number of hydrogen-bond donors (Lipinski definition) is 2. The van der Waals surface area contributed by atoms with Gasteiger partial charge in [0.2, 0.25) is 0 Å². The second kappa shape index (κ2) is 16.4. The Morgan fingerprint density at radius 2 is 0.600 bits per heavy atom. The van der Waals surface area contributed by atoms with E-state index in [-0.39, 0.29) is 76.4 Å². The molecule has 7 rings (SSSR count). The zero-order valence-corrected chi connectivity index (χ0v) is 33.5. The van der Waals surface area contributed by atoms with Crippen molar-refractivity contribution in [2.45, 2.75) is 0 Å². The molecule has 60 heavy (non-hydrogen) atoms. The van der Waals surface area contributed by atoms with Crippen LogP contribution in [0.4, 0.5) is 0 Å². The van der Waals surface area contributed by atoms with E-state index in [1.54, 1.807) is 72.8 Å². The summed E-state index contributed by atoms with van der Waals surface area (Å²) in [5.74, 6) is -0.871. The van der Waals surface area contributed by atoms with Gasteiger partial charge in [-0.25, -0.2) is 0 Å². The Bertz CT molecular complexity index is 2670. The molecule has 0 fully saturated rings. The van der Waals surface area contributed by atoms with E-state index in [1.807, 2.05) is 0 Å². The average molecular weight is 846 g/mol. The maximum absolute atomic E-state index is 10.4. The molecule has 0 atom stereocenters. The number of para-hydroxylation sites is 6. The molecule has 0 aromatic heterocycles. The molecule has 1 heterocycles. The van der Waals surface area contributed by atoms with Crippen LogP contribution in [0.3, 0.4) is 0 Å². The predicted molar refractivity (Wildman–Crippen MR) is 220 cm³/mol. The first-order chi connectivity index (χ1) is 29.2. The van der Waals surface area contributed by atoms with E-state index in [0.29, 0.717) is 0 Å². The summed E-state index contributed by atoms with van der Waals surface area (Å²) in [7, 11) is -12.4. The fourth-order valence-electron chi connectivity index (χ4n) is 5.74. The Morgan fingerprint density at radius 3 is 0.850 bits per heavy atom. The average Bonchev–Trinajstić information content (AvgIpc) is 3.27. The molecule has 6 aromatic carbocycles. The molecular formula is C42H26N9O6P3. The Hall–Kier alpha value is -8.06. The number of rotatable bonds is 12. The fraction of sp³-hybridized carbons (Fsp3) is 0. The van der Waals surface area contributed by atoms with Crippen molar-refractivity contribution in [3.63, 3.8) is 0 Å². The van der Waals surface area contributed by atoms with Crippen molar-refractivity contribution >= 4 is 23.7 Å². The first kappa shape index (κ1) is 40.1. The SMILES string of the molecule is N#Cc1ccccc1OP1(Oc2ccccc2C#N)(Oc2ccccc2C#N)N=PNP(Oc2ccccc2C#N)(Oc2ccccc2C#N)(Oc2ccccc2C#N)N1. The van der Waals surface area contributed by atoms with Gasteiger partial charge in [0.25, 0.3) is 0 Å². The van der Waals surface area contributed by atoms with Crippen LogP contribution in [0, 0.1) is 68.0 Å².